The molecule has 3 amide bonds. The van der Waals surface area contributed by atoms with Crippen LogP contribution in [0.1, 0.15) is 19.3 Å². The molecule has 5 N–H and O–H groups in total. The average molecular weight is 404 g/mol. The van der Waals surface area contributed by atoms with Crippen LogP contribution in [0.5, 0.6) is 11.5 Å². The van der Waals surface area contributed by atoms with Gasteiger partial charge in [0.2, 0.25) is 0 Å². The molecular formula is C19H24N4O4S. The predicted molar refractivity (Wildman–Crippen MR) is 109 cm³/mol. The molecule has 1 aliphatic heterocycles. The van der Waals surface area contributed by atoms with Crippen LogP contribution in [0.2, 0.25) is 0 Å². The van der Waals surface area contributed by atoms with Gasteiger partial charge in [-0.15, -0.1) is 11.3 Å². The van der Waals surface area contributed by atoms with Crippen molar-refractivity contribution in [2.75, 3.05) is 25.5 Å². The maximum Gasteiger partial charge on any atom is 0.412 e. The molecule has 2 heterocycles. The summed E-state index contributed by atoms with van der Waals surface area (Å²) in [6.07, 6.45) is 2.48. The molecule has 28 heavy (non-hydrogen) atoms. The Hall–Kier alpha value is -2.78. The number of hydrogen-bond donors (Lipinski definition) is 4. The molecule has 0 radical (unpaired) electrons. The molecule has 1 saturated heterocycles. The van der Waals surface area contributed by atoms with Crippen molar-refractivity contribution in [3.63, 3.8) is 0 Å². The minimum atomic E-state index is -0.721. The van der Waals surface area contributed by atoms with Gasteiger partial charge in [0.15, 0.2) is 5.75 Å². The first-order chi connectivity index (χ1) is 13.5. The molecule has 0 spiro atoms. The topological polar surface area (TPSA) is 115 Å². The molecular weight excluding hydrogens is 380 g/mol. The number of methoxy groups -OCH3 is 1. The fourth-order valence-corrected chi connectivity index (χ4v) is 3.98. The molecule has 8 nitrogen and oxygen atoms in total. The zero-order chi connectivity index (χ0) is 19.9. The van der Waals surface area contributed by atoms with Gasteiger partial charge < -0.3 is 25.8 Å². The van der Waals surface area contributed by atoms with E-state index in [2.05, 4.69) is 16.0 Å². The van der Waals surface area contributed by atoms with Gasteiger partial charge in [-0.25, -0.2) is 9.59 Å². The number of thiophene rings is 1. The van der Waals surface area contributed by atoms with E-state index >= 15 is 0 Å². The minimum absolute atomic E-state index is 0.0160. The summed E-state index contributed by atoms with van der Waals surface area (Å²) >= 11 is 1.28. The summed E-state index contributed by atoms with van der Waals surface area (Å²) in [5, 5.41) is 9.06. The molecule has 1 atom stereocenters. The first-order valence-electron chi connectivity index (χ1n) is 9.09. The lowest BCUT2D eigenvalue weighted by Crippen LogP contribution is -2.42. The summed E-state index contributed by atoms with van der Waals surface area (Å²) in [5.41, 5.74) is 6.16. The maximum absolute atomic E-state index is 12.3. The Balaban J connectivity index is 1.75. The van der Waals surface area contributed by atoms with Crippen LogP contribution in [0.15, 0.2) is 30.3 Å². The quantitative estimate of drug-likeness (QED) is 0.611. The van der Waals surface area contributed by atoms with E-state index in [1.807, 2.05) is 24.3 Å². The normalized spacial score (nSPS) is 16.7. The van der Waals surface area contributed by atoms with Gasteiger partial charge in [0.1, 0.15) is 10.8 Å². The molecule has 0 saturated carbocycles. The van der Waals surface area contributed by atoms with Crippen LogP contribution in [0, 0.1) is 0 Å². The number of anilines is 1. The lowest BCUT2D eigenvalue weighted by molar-refractivity contribution is 0.195. The van der Waals surface area contributed by atoms with E-state index in [4.69, 9.17) is 15.2 Å². The fraction of sp³-hybridized carbons (Fsp3) is 0.368. The molecule has 0 bridgehead atoms. The van der Waals surface area contributed by atoms with Crippen molar-refractivity contribution < 1.29 is 19.1 Å². The van der Waals surface area contributed by atoms with E-state index in [-0.39, 0.29) is 11.8 Å². The Kier molecular flexibility index (Phi) is 6.72. The fourth-order valence-electron chi connectivity index (χ4n) is 2.98. The first kappa shape index (κ1) is 20.0. The van der Waals surface area contributed by atoms with E-state index in [9.17, 15) is 9.59 Å². The standard InChI is InChI=1S/C19H24N4O4S/c1-26-14-7-5-12(6-8-14)16-10-15(17(28-16)23-18(20)24)27-19(25)22-13-4-2-3-9-21-11-13/h5-8,10,13,21H,2-4,9,11H2,1H3,(H,22,25)(H3,20,23,24)/t13-/m0/s1. The van der Waals surface area contributed by atoms with Crippen LogP contribution in [0.3, 0.4) is 0 Å². The van der Waals surface area contributed by atoms with Crippen LogP contribution in [-0.2, 0) is 0 Å². The van der Waals surface area contributed by atoms with Gasteiger partial charge in [-0.3, -0.25) is 5.32 Å². The number of amides is 3. The Morgan fingerprint density at radius 2 is 2.04 bits per heavy atom. The number of ether oxygens (including phenoxy) is 2. The van der Waals surface area contributed by atoms with Crippen molar-refractivity contribution in [1.82, 2.24) is 10.6 Å². The van der Waals surface area contributed by atoms with Gasteiger partial charge in [0.05, 0.1) is 7.11 Å². The van der Waals surface area contributed by atoms with Crippen LogP contribution in [0.25, 0.3) is 10.4 Å². The molecule has 150 valence electrons. The van der Waals surface area contributed by atoms with Gasteiger partial charge >= 0.3 is 12.1 Å². The van der Waals surface area contributed by atoms with Crippen LogP contribution in [-0.4, -0.2) is 38.4 Å². The first-order valence-corrected chi connectivity index (χ1v) is 9.90. The van der Waals surface area contributed by atoms with Crippen LogP contribution < -0.4 is 31.2 Å². The number of primary amides is 1. The SMILES string of the molecule is COc1ccc(-c2cc(OC(=O)N[C@H]3CCCCNC3)c(NC(N)=O)s2)cc1. The molecule has 1 aliphatic rings. The van der Waals surface area contributed by atoms with Crippen LogP contribution in [0.4, 0.5) is 14.6 Å². The van der Waals surface area contributed by atoms with E-state index in [0.717, 1.165) is 42.0 Å². The number of rotatable bonds is 5. The largest absolute Gasteiger partial charge is 0.497 e. The number of hydrogen-bond acceptors (Lipinski definition) is 6. The highest BCUT2D eigenvalue weighted by molar-refractivity contribution is 7.20. The number of benzene rings is 1. The van der Waals surface area contributed by atoms with Gasteiger partial charge in [-0.05, 0) is 49.2 Å². The highest BCUT2D eigenvalue weighted by atomic mass is 32.1. The lowest BCUT2D eigenvalue weighted by Gasteiger charge is -2.16. The van der Waals surface area contributed by atoms with Crippen molar-refractivity contribution in [3.8, 4) is 21.9 Å². The Morgan fingerprint density at radius 1 is 1.25 bits per heavy atom. The van der Waals surface area contributed by atoms with Crippen molar-refractivity contribution in [3.05, 3.63) is 30.3 Å². The predicted octanol–water partition coefficient (Wildman–Crippen LogP) is 3.14. The number of carbonyl (C=O) groups excluding carboxylic acids is 2. The monoisotopic (exact) mass is 404 g/mol. The molecule has 2 aromatic rings. The number of nitrogens with one attached hydrogen (secondary N) is 3. The molecule has 1 fully saturated rings. The third-order valence-corrected chi connectivity index (χ3v) is 5.46. The molecule has 1 aromatic carbocycles. The summed E-state index contributed by atoms with van der Waals surface area (Å²) in [4.78, 5) is 24.5. The van der Waals surface area contributed by atoms with Crippen molar-refractivity contribution in [2.24, 2.45) is 5.73 Å². The lowest BCUT2D eigenvalue weighted by atomic mass is 10.1. The summed E-state index contributed by atoms with van der Waals surface area (Å²) in [7, 11) is 1.60. The third-order valence-electron chi connectivity index (χ3n) is 4.38. The zero-order valence-corrected chi connectivity index (χ0v) is 16.4. The molecule has 0 unspecified atom stereocenters. The zero-order valence-electron chi connectivity index (χ0n) is 15.6. The van der Waals surface area contributed by atoms with Crippen molar-refractivity contribution in [1.29, 1.82) is 0 Å². The Morgan fingerprint density at radius 3 is 2.75 bits per heavy atom. The van der Waals surface area contributed by atoms with Crippen LogP contribution >= 0.6 is 11.3 Å². The van der Waals surface area contributed by atoms with Gasteiger partial charge in [-0.2, -0.15) is 0 Å². The number of carbonyl (C=O) groups is 2. The van der Waals surface area contributed by atoms with E-state index in [1.54, 1.807) is 13.2 Å². The summed E-state index contributed by atoms with van der Waals surface area (Å²) < 4.78 is 10.6. The third kappa shape index (κ3) is 5.37. The number of urea groups is 1. The van der Waals surface area contributed by atoms with E-state index in [1.165, 1.54) is 11.3 Å². The second-order valence-electron chi connectivity index (χ2n) is 6.45. The highest BCUT2D eigenvalue weighted by Crippen LogP contribution is 2.41. The van der Waals surface area contributed by atoms with Gasteiger partial charge in [0.25, 0.3) is 0 Å². The number of nitrogens with two attached hydrogens (primary N) is 1. The van der Waals surface area contributed by atoms with Gasteiger partial charge in [0, 0.05) is 23.5 Å². The summed E-state index contributed by atoms with van der Waals surface area (Å²) in [6.45, 7) is 1.66. The molecule has 1 aromatic heterocycles. The van der Waals surface area contributed by atoms with E-state index in [0.29, 0.717) is 11.5 Å². The molecule has 3 rings (SSSR count). The highest BCUT2D eigenvalue weighted by Gasteiger charge is 2.19. The smallest absolute Gasteiger partial charge is 0.412 e. The Labute approximate surface area is 167 Å². The van der Waals surface area contributed by atoms with Gasteiger partial charge in [-0.1, -0.05) is 6.42 Å². The second-order valence-corrected chi connectivity index (χ2v) is 7.50. The molecule has 9 heteroatoms. The average Bonchev–Trinajstić information content (AvgIpc) is 2.88. The summed E-state index contributed by atoms with van der Waals surface area (Å²) in [6, 6.07) is 8.45. The van der Waals surface area contributed by atoms with Crippen molar-refractivity contribution >= 4 is 28.5 Å². The van der Waals surface area contributed by atoms with Crippen molar-refractivity contribution in [2.45, 2.75) is 25.3 Å². The maximum atomic E-state index is 12.3. The summed E-state index contributed by atoms with van der Waals surface area (Å²) in [5.74, 6) is 0.998. The molecule has 0 aliphatic carbocycles. The minimum Gasteiger partial charge on any atom is -0.497 e. The Bertz CT molecular complexity index is 814. The van der Waals surface area contributed by atoms with E-state index < -0.39 is 12.1 Å². The second kappa shape index (κ2) is 9.43.